The maximum Gasteiger partial charge on any atom is 0.397 e. The SMILES string of the molecule is C[C@]12CC[C@@H](OS(=O)(=O)O)C[C@H]1CC[C@@H]1[C@@H]2[C@@H](O)C[C@]2(C)C(=O)CC[C@@H]12. The van der Waals surface area contributed by atoms with Crippen LogP contribution >= 0.6 is 0 Å². The maximum atomic E-state index is 12.5. The van der Waals surface area contributed by atoms with E-state index >= 15 is 0 Å². The first kappa shape index (κ1) is 18.8. The number of Topliss-reactive ketones (excluding diaryl/α,β-unsaturated/α-hetero) is 1. The Morgan fingerprint density at radius 2 is 1.88 bits per heavy atom. The molecule has 0 radical (unpaired) electrons. The van der Waals surface area contributed by atoms with Crippen molar-refractivity contribution in [2.24, 2.45) is 34.5 Å². The zero-order valence-corrected chi connectivity index (χ0v) is 16.4. The molecule has 0 bridgehead atoms. The third-order valence-corrected chi connectivity index (χ3v) is 9.03. The minimum Gasteiger partial charge on any atom is -0.393 e. The lowest BCUT2D eigenvalue weighted by Crippen LogP contribution is -2.59. The van der Waals surface area contributed by atoms with Gasteiger partial charge in [-0.05, 0) is 74.0 Å². The molecule has 0 aromatic carbocycles. The third kappa shape index (κ3) is 2.77. The summed E-state index contributed by atoms with van der Waals surface area (Å²) in [5.74, 6) is 1.50. The highest BCUT2D eigenvalue weighted by Crippen LogP contribution is 2.65. The smallest absolute Gasteiger partial charge is 0.393 e. The number of aliphatic hydroxyl groups is 1. The molecule has 8 atom stereocenters. The van der Waals surface area contributed by atoms with Crippen LogP contribution in [0.25, 0.3) is 0 Å². The summed E-state index contributed by atoms with van der Waals surface area (Å²) in [6.45, 7) is 4.29. The molecule has 4 aliphatic carbocycles. The molecule has 6 nitrogen and oxygen atoms in total. The van der Waals surface area contributed by atoms with Crippen LogP contribution in [0.5, 0.6) is 0 Å². The fourth-order valence-electron chi connectivity index (χ4n) is 7.38. The molecule has 0 aromatic rings. The van der Waals surface area contributed by atoms with Crippen molar-refractivity contribution in [3.8, 4) is 0 Å². The molecule has 0 saturated heterocycles. The van der Waals surface area contributed by atoms with Crippen LogP contribution in [0.3, 0.4) is 0 Å². The average Bonchev–Trinajstić information content (AvgIpc) is 2.81. The minimum atomic E-state index is -4.43. The molecule has 2 N–H and O–H groups in total. The zero-order valence-electron chi connectivity index (χ0n) is 15.6. The highest BCUT2D eigenvalue weighted by molar-refractivity contribution is 7.80. The van der Waals surface area contributed by atoms with Crippen LogP contribution in [-0.4, -0.2) is 36.1 Å². The molecule has 0 unspecified atom stereocenters. The van der Waals surface area contributed by atoms with Gasteiger partial charge in [-0.1, -0.05) is 13.8 Å². The summed E-state index contributed by atoms with van der Waals surface area (Å²) in [6, 6.07) is 0. The second-order valence-corrected chi connectivity index (χ2v) is 10.7. The van der Waals surface area contributed by atoms with Crippen molar-refractivity contribution >= 4 is 16.2 Å². The van der Waals surface area contributed by atoms with Gasteiger partial charge < -0.3 is 5.11 Å². The quantitative estimate of drug-likeness (QED) is 0.708. The predicted octanol–water partition coefficient (Wildman–Crippen LogP) is 2.76. The van der Waals surface area contributed by atoms with Crippen LogP contribution in [0.4, 0.5) is 0 Å². The van der Waals surface area contributed by atoms with E-state index in [2.05, 4.69) is 13.8 Å². The molecule has 4 rings (SSSR count). The Bertz CT molecular complexity index is 705. The summed E-state index contributed by atoms with van der Waals surface area (Å²) in [4.78, 5) is 12.5. The van der Waals surface area contributed by atoms with Gasteiger partial charge in [0, 0.05) is 11.8 Å². The molecule has 26 heavy (non-hydrogen) atoms. The second-order valence-electron chi connectivity index (χ2n) is 9.65. The Labute approximate surface area is 155 Å². The fourth-order valence-corrected chi connectivity index (χ4v) is 7.89. The summed E-state index contributed by atoms with van der Waals surface area (Å²) in [6.07, 6.45) is 5.11. The minimum absolute atomic E-state index is 0.0611. The normalized spacial score (nSPS) is 51.5. The summed E-state index contributed by atoms with van der Waals surface area (Å²) in [5.41, 5.74) is -0.427. The lowest BCUT2D eigenvalue weighted by Gasteiger charge is -2.61. The number of carbonyl (C=O) groups excluding carboxylic acids is 1. The van der Waals surface area contributed by atoms with Crippen molar-refractivity contribution in [1.29, 1.82) is 0 Å². The molecule has 4 aliphatic rings. The van der Waals surface area contributed by atoms with Gasteiger partial charge in [0.25, 0.3) is 0 Å². The van der Waals surface area contributed by atoms with Crippen LogP contribution in [0.1, 0.15) is 65.2 Å². The van der Waals surface area contributed by atoms with Crippen LogP contribution in [-0.2, 0) is 19.4 Å². The highest BCUT2D eigenvalue weighted by Gasteiger charge is 2.63. The van der Waals surface area contributed by atoms with Gasteiger partial charge in [0.1, 0.15) is 5.78 Å². The van der Waals surface area contributed by atoms with E-state index in [-0.39, 0.29) is 22.7 Å². The van der Waals surface area contributed by atoms with Crippen molar-refractivity contribution in [1.82, 2.24) is 0 Å². The van der Waals surface area contributed by atoms with Gasteiger partial charge in [-0.2, -0.15) is 8.42 Å². The third-order valence-electron chi connectivity index (χ3n) is 8.52. The summed E-state index contributed by atoms with van der Waals surface area (Å²) >= 11 is 0. The molecule has 0 aromatic heterocycles. The topological polar surface area (TPSA) is 101 Å². The van der Waals surface area contributed by atoms with E-state index in [1.165, 1.54) is 0 Å². The Morgan fingerprint density at radius 1 is 1.15 bits per heavy atom. The first-order valence-electron chi connectivity index (χ1n) is 9.92. The van der Waals surface area contributed by atoms with Gasteiger partial charge in [0.15, 0.2) is 0 Å². The fraction of sp³-hybridized carbons (Fsp3) is 0.947. The standard InChI is InChI=1S/C19H30O6S/c1-18-8-7-12(25-26(22,23)24)9-11(18)3-4-13-14-5-6-16(21)19(14,2)10-15(20)17(13)18/h11-15,17,20H,3-10H2,1-2H3,(H,22,23,24)/t11-,12-,13+,14+,15+,17-,18+,19+/m1/s1. The molecule has 4 saturated carbocycles. The van der Waals surface area contributed by atoms with Gasteiger partial charge in [-0.15, -0.1) is 0 Å². The average molecular weight is 387 g/mol. The van der Waals surface area contributed by atoms with Gasteiger partial charge in [0.2, 0.25) is 0 Å². The van der Waals surface area contributed by atoms with Crippen molar-refractivity contribution in [3.63, 3.8) is 0 Å². The van der Waals surface area contributed by atoms with E-state index < -0.39 is 22.6 Å². The van der Waals surface area contributed by atoms with Crippen LogP contribution in [0.2, 0.25) is 0 Å². The van der Waals surface area contributed by atoms with Gasteiger partial charge in [-0.25, -0.2) is 4.18 Å². The number of carbonyl (C=O) groups is 1. The van der Waals surface area contributed by atoms with E-state index in [9.17, 15) is 18.3 Å². The first-order chi connectivity index (χ1) is 12.0. The zero-order chi connectivity index (χ0) is 18.9. The molecule has 0 heterocycles. The van der Waals surface area contributed by atoms with E-state index in [0.717, 1.165) is 25.7 Å². The monoisotopic (exact) mass is 386 g/mol. The van der Waals surface area contributed by atoms with Crippen molar-refractivity contribution in [3.05, 3.63) is 0 Å². The number of rotatable bonds is 2. The molecule has 0 spiro atoms. The lowest BCUT2D eigenvalue weighted by molar-refractivity contribution is -0.174. The Hall–Kier alpha value is -0.500. The molecule has 4 fully saturated rings. The van der Waals surface area contributed by atoms with Crippen LogP contribution in [0.15, 0.2) is 0 Å². The number of fused-ring (bicyclic) bond motifs is 5. The molecular weight excluding hydrogens is 356 g/mol. The Kier molecular flexibility index (Phi) is 4.35. The molecule has 0 amide bonds. The van der Waals surface area contributed by atoms with Crippen molar-refractivity contribution < 1.29 is 27.1 Å². The Balaban J connectivity index is 1.59. The van der Waals surface area contributed by atoms with Crippen molar-refractivity contribution in [2.45, 2.75) is 77.4 Å². The van der Waals surface area contributed by atoms with Crippen LogP contribution in [0, 0.1) is 34.5 Å². The lowest BCUT2D eigenvalue weighted by atomic mass is 9.44. The van der Waals surface area contributed by atoms with E-state index in [1.54, 1.807) is 0 Å². The number of hydrogen-bond acceptors (Lipinski definition) is 5. The predicted molar refractivity (Wildman–Crippen MR) is 94.5 cm³/mol. The van der Waals surface area contributed by atoms with Crippen molar-refractivity contribution in [2.75, 3.05) is 0 Å². The number of ketones is 1. The summed E-state index contributed by atoms with van der Waals surface area (Å²) < 4.78 is 36.0. The van der Waals surface area contributed by atoms with Crippen LogP contribution < -0.4 is 0 Å². The van der Waals surface area contributed by atoms with E-state index in [1.807, 2.05) is 0 Å². The van der Waals surface area contributed by atoms with Gasteiger partial charge in [-0.3, -0.25) is 9.35 Å². The van der Waals surface area contributed by atoms with Gasteiger partial charge >= 0.3 is 10.4 Å². The highest BCUT2D eigenvalue weighted by atomic mass is 32.3. The molecule has 7 heteroatoms. The molecular formula is C19H30O6S. The molecule has 0 aliphatic heterocycles. The molecule has 148 valence electrons. The van der Waals surface area contributed by atoms with E-state index in [0.29, 0.717) is 43.3 Å². The summed E-state index contributed by atoms with van der Waals surface area (Å²) in [7, 11) is -4.43. The van der Waals surface area contributed by atoms with E-state index in [4.69, 9.17) is 8.74 Å². The summed E-state index contributed by atoms with van der Waals surface area (Å²) in [5, 5.41) is 11.1. The second kappa shape index (κ2) is 6.00. The number of aliphatic hydroxyl groups excluding tert-OH is 1. The maximum absolute atomic E-state index is 12.5. The van der Waals surface area contributed by atoms with Gasteiger partial charge in [0.05, 0.1) is 12.2 Å². The first-order valence-corrected chi connectivity index (χ1v) is 11.3. The Morgan fingerprint density at radius 3 is 2.58 bits per heavy atom. The largest absolute Gasteiger partial charge is 0.397 e. The number of hydrogen-bond donors (Lipinski definition) is 2.